The number of rotatable bonds is 7. The minimum absolute atomic E-state index is 0.0675. The molecule has 1 aromatic rings. The monoisotopic (exact) mass is 313 g/mol. The zero-order valence-corrected chi connectivity index (χ0v) is 13.4. The van der Waals surface area contributed by atoms with Gasteiger partial charge in [-0.2, -0.15) is 0 Å². The molecule has 118 valence electrons. The Balaban J connectivity index is 2.60. The van der Waals surface area contributed by atoms with Crippen LogP contribution in [0.15, 0.2) is 29.2 Å². The highest BCUT2D eigenvalue weighted by atomic mass is 32.2. The van der Waals surface area contributed by atoms with Crippen molar-refractivity contribution in [3.05, 3.63) is 29.8 Å². The SMILES string of the molecule is CC(C)CNC(=O)CNC(C)c1cccc(S(N)(=O)=O)c1. The topological polar surface area (TPSA) is 101 Å². The molecule has 1 atom stereocenters. The van der Waals surface area contributed by atoms with E-state index in [-0.39, 0.29) is 23.4 Å². The summed E-state index contributed by atoms with van der Waals surface area (Å²) < 4.78 is 22.6. The summed E-state index contributed by atoms with van der Waals surface area (Å²) in [4.78, 5) is 11.7. The predicted molar refractivity (Wildman–Crippen MR) is 82.1 cm³/mol. The Morgan fingerprint density at radius 3 is 2.52 bits per heavy atom. The zero-order chi connectivity index (χ0) is 16.0. The summed E-state index contributed by atoms with van der Waals surface area (Å²) in [6, 6.07) is 6.22. The number of primary sulfonamides is 1. The van der Waals surface area contributed by atoms with Crippen molar-refractivity contribution in [2.24, 2.45) is 11.1 Å². The summed E-state index contributed by atoms with van der Waals surface area (Å²) in [5, 5.41) is 11.0. The molecule has 6 nitrogen and oxygen atoms in total. The van der Waals surface area contributed by atoms with Crippen LogP contribution in [0.4, 0.5) is 0 Å². The average molecular weight is 313 g/mol. The fourth-order valence-electron chi connectivity index (χ4n) is 1.70. The van der Waals surface area contributed by atoms with Gasteiger partial charge in [0.05, 0.1) is 11.4 Å². The molecule has 7 heteroatoms. The Labute approximate surface area is 126 Å². The third-order valence-corrected chi connectivity index (χ3v) is 3.87. The van der Waals surface area contributed by atoms with Gasteiger partial charge in [-0.05, 0) is 30.5 Å². The van der Waals surface area contributed by atoms with Crippen molar-refractivity contribution < 1.29 is 13.2 Å². The molecule has 1 unspecified atom stereocenters. The number of nitrogens with two attached hydrogens (primary N) is 1. The van der Waals surface area contributed by atoms with Crippen LogP contribution in [0.2, 0.25) is 0 Å². The summed E-state index contributed by atoms with van der Waals surface area (Å²) in [7, 11) is -3.72. The van der Waals surface area contributed by atoms with Crippen LogP contribution in [0.5, 0.6) is 0 Å². The minimum atomic E-state index is -3.72. The standard InChI is InChI=1S/C14H23N3O3S/c1-10(2)8-17-14(18)9-16-11(3)12-5-4-6-13(7-12)21(15,19)20/h4-7,10-11,16H,8-9H2,1-3H3,(H,17,18)(H2,15,19,20). The highest BCUT2D eigenvalue weighted by Gasteiger charge is 2.12. The van der Waals surface area contributed by atoms with Crippen LogP contribution in [0.3, 0.4) is 0 Å². The summed E-state index contributed by atoms with van der Waals surface area (Å²) in [6.45, 7) is 6.71. The molecule has 0 saturated heterocycles. The van der Waals surface area contributed by atoms with Gasteiger partial charge in [0.25, 0.3) is 0 Å². The second-order valence-electron chi connectivity index (χ2n) is 5.42. The first-order valence-electron chi connectivity index (χ1n) is 6.83. The van der Waals surface area contributed by atoms with Crippen molar-refractivity contribution in [1.29, 1.82) is 0 Å². The van der Waals surface area contributed by atoms with Crippen molar-refractivity contribution in [3.63, 3.8) is 0 Å². The van der Waals surface area contributed by atoms with E-state index in [9.17, 15) is 13.2 Å². The highest BCUT2D eigenvalue weighted by Crippen LogP contribution is 2.16. The Kier molecular flexibility index (Phi) is 6.32. The number of benzene rings is 1. The molecule has 0 spiro atoms. The molecule has 0 heterocycles. The van der Waals surface area contributed by atoms with E-state index in [1.54, 1.807) is 12.1 Å². The van der Waals surface area contributed by atoms with Crippen LogP contribution in [0.25, 0.3) is 0 Å². The molecule has 4 N–H and O–H groups in total. The van der Waals surface area contributed by atoms with Crippen LogP contribution < -0.4 is 15.8 Å². The van der Waals surface area contributed by atoms with Crippen molar-refractivity contribution in [2.75, 3.05) is 13.1 Å². The van der Waals surface area contributed by atoms with E-state index in [1.807, 2.05) is 20.8 Å². The lowest BCUT2D eigenvalue weighted by Gasteiger charge is -2.15. The molecular formula is C14H23N3O3S. The number of nitrogens with one attached hydrogen (secondary N) is 2. The van der Waals surface area contributed by atoms with Gasteiger partial charge in [-0.25, -0.2) is 13.6 Å². The maximum Gasteiger partial charge on any atom is 0.238 e. The van der Waals surface area contributed by atoms with Gasteiger partial charge in [-0.15, -0.1) is 0 Å². The molecule has 21 heavy (non-hydrogen) atoms. The van der Waals surface area contributed by atoms with Gasteiger partial charge in [-0.1, -0.05) is 26.0 Å². The van der Waals surface area contributed by atoms with E-state index in [2.05, 4.69) is 10.6 Å². The van der Waals surface area contributed by atoms with Gasteiger partial charge in [0.15, 0.2) is 0 Å². The Hall–Kier alpha value is -1.44. The molecule has 0 fully saturated rings. The number of hydrogen-bond donors (Lipinski definition) is 3. The second kappa shape index (κ2) is 7.53. The number of carbonyl (C=O) groups excluding carboxylic acids is 1. The third-order valence-electron chi connectivity index (χ3n) is 2.96. The average Bonchev–Trinajstić information content (AvgIpc) is 2.41. The fourth-order valence-corrected chi connectivity index (χ4v) is 2.27. The van der Waals surface area contributed by atoms with Crippen molar-refractivity contribution >= 4 is 15.9 Å². The van der Waals surface area contributed by atoms with E-state index in [0.29, 0.717) is 12.5 Å². The van der Waals surface area contributed by atoms with Gasteiger partial charge in [0.2, 0.25) is 15.9 Å². The van der Waals surface area contributed by atoms with Gasteiger partial charge in [0, 0.05) is 12.6 Å². The third kappa shape index (κ3) is 6.24. The van der Waals surface area contributed by atoms with Crippen LogP contribution >= 0.6 is 0 Å². The Bertz CT molecular complexity index is 585. The number of sulfonamides is 1. The molecule has 0 aliphatic rings. The van der Waals surface area contributed by atoms with E-state index < -0.39 is 10.0 Å². The summed E-state index contributed by atoms with van der Waals surface area (Å²) in [5.41, 5.74) is 0.762. The fraction of sp³-hybridized carbons (Fsp3) is 0.500. The first-order valence-corrected chi connectivity index (χ1v) is 8.37. The molecule has 0 radical (unpaired) electrons. The van der Waals surface area contributed by atoms with E-state index in [0.717, 1.165) is 5.56 Å². The maximum atomic E-state index is 11.6. The highest BCUT2D eigenvalue weighted by molar-refractivity contribution is 7.89. The van der Waals surface area contributed by atoms with Gasteiger partial charge in [-0.3, -0.25) is 4.79 Å². The van der Waals surface area contributed by atoms with Gasteiger partial charge < -0.3 is 10.6 Å². The van der Waals surface area contributed by atoms with Crippen LogP contribution in [-0.4, -0.2) is 27.4 Å². The number of hydrogen-bond acceptors (Lipinski definition) is 4. The summed E-state index contributed by atoms with van der Waals surface area (Å²) >= 11 is 0. The molecule has 0 aliphatic carbocycles. The lowest BCUT2D eigenvalue weighted by atomic mass is 10.1. The summed E-state index contributed by atoms with van der Waals surface area (Å²) in [6.07, 6.45) is 0. The molecular weight excluding hydrogens is 290 g/mol. The normalized spacial score (nSPS) is 13.2. The van der Waals surface area contributed by atoms with Crippen LogP contribution in [-0.2, 0) is 14.8 Å². The van der Waals surface area contributed by atoms with E-state index in [1.165, 1.54) is 12.1 Å². The maximum absolute atomic E-state index is 11.6. The zero-order valence-electron chi connectivity index (χ0n) is 12.6. The molecule has 0 aromatic heterocycles. The largest absolute Gasteiger partial charge is 0.355 e. The quantitative estimate of drug-likeness (QED) is 0.691. The molecule has 0 aliphatic heterocycles. The molecule has 0 bridgehead atoms. The van der Waals surface area contributed by atoms with Crippen LogP contribution in [0, 0.1) is 5.92 Å². The lowest BCUT2D eigenvalue weighted by molar-refractivity contribution is -0.120. The first-order chi connectivity index (χ1) is 9.70. The first kappa shape index (κ1) is 17.6. The molecule has 1 aromatic carbocycles. The van der Waals surface area contributed by atoms with Gasteiger partial charge >= 0.3 is 0 Å². The van der Waals surface area contributed by atoms with E-state index >= 15 is 0 Å². The lowest BCUT2D eigenvalue weighted by Crippen LogP contribution is -2.36. The van der Waals surface area contributed by atoms with Crippen molar-refractivity contribution in [1.82, 2.24) is 10.6 Å². The Morgan fingerprint density at radius 1 is 1.29 bits per heavy atom. The number of carbonyl (C=O) groups is 1. The molecule has 0 saturated carbocycles. The Morgan fingerprint density at radius 2 is 1.95 bits per heavy atom. The van der Waals surface area contributed by atoms with E-state index in [4.69, 9.17) is 5.14 Å². The smallest absolute Gasteiger partial charge is 0.238 e. The molecule has 1 amide bonds. The van der Waals surface area contributed by atoms with Crippen LogP contribution in [0.1, 0.15) is 32.4 Å². The van der Waals surface area contributed by atoms with Crippen molar-refractivity contribution in [3.8, 4) is 0 Å². The second-order valence-corrected chi connectivity index (χ2v) is 6.98. The van der Waals surface area contributed by atoms with Gasteiger partial charge in [0.1, 0.15) is 0 Å². The number of amides is 1. The molecule has 1 rings (SSSR count). The van der Waals surface area contributed by atoms with Crippen molar-refractivity contribution in [2.45, 2.75) is 31.7 Å². The minimum Gasteiger partial charge on any atom is -0.355 e. The predicted octanol–water partition coefficient (Wildman–Crippen LogP) is 0.757. The summed E-state index contributed by atoms with van der Waals surface area (Å²) in [5.74, 6) is 0.316.